The monoisotopic (exact) mass is 343 g/mol. The molecule has 0 aliphatic carbocycles. The van der Waals surface area contributed by atoms with Crippen LogP contribution in [-0.4, -0.2) is 24.0 Å². The molecule has 1 aromatic carbocycles. The fourth-order valence-corrected chi connectivity index (χ4v) is 3.43. The highest BCUT2D eigenvalue weighted by atomic mass is 32.2. The highest BCUT2D eigenvalue weighted by Crippen LogP contribution is 2.44. The van der Waals surface area contributed by atoms with E-state index in [1.165, 1.54) is 11.0 Å². The topological polar surface area (TPSA) is 61.4 Å². The van der Waals surface area contributed by atoms with Crippen LogP contribution < -0.4 is 15.5 Å². The van der Waals surface area contributed by atoms with E-state index < -0.39 is 11.8 Å². The van der Waals surface area contributed by atoms with Crippen LogP contribution in [-0.2, 0) is 9.59 Å². The van der Waals surface area contributed by atoms with E-state index in [1.807, 2.05) is 25.3 Å². The van der Waals surface area contributed by atoms with Crippen LogP contribution in [0.5, 0.6) is 0 Å². The van der Waals surface area contributed by atoms with Crippen molar-refractivity contribution in [2.75, 3.05) is 11.9 Å². The summed E-state index contributed by atoms with van der Waals surface area (Å²) in [5.41, 5.74) is 1.19. The smallest absolute Gasteiger partial charge is 0.263 e. The number of carbonyl (C=O) groups is 2. The lowest BCUT2D eigenvalue weighted by Gasteiger charge is -2.15. The fourth-order valence-electron chi connectivity index (χ4n) is 2.18. The molecule has 0 aromatic heterocycles. The molecule has 2 aliphatic rings. The number of thioether (sulfide) groups is 1. The molecular weight excluding hydrogens is 330 g/mol. The molecule has 3 rings (SSSR count). The fraction of sp³-hybridized carbons (Fsp3) is 0.0625. The quantitative estimate of drug-likeness (QED) is 0.489. The first-order valence-corrected chi connectivity index (χ1v) is 8.04. The number of hydrogen-bond donors (Lipinski definition) is 2. The van der Waals surface area contributed by atoms with Crippen molar-refractivity contribution in [2.45, 2.75) is 4.90 Å². The molecule has 1 fully saturated rings. The van der Waals surface area contributed by atoms with Gasteiger partial charge < -0.3 is 4.90 Å². The summed E-state index contributed by atoms with van der Waals surface area (Å²) in [7, 11) is 2.00. The molecule has 1 saturated heterocycles. The van der Waals surface area contributed by atoms with Crippen molar-refractivity contribution in [3.8, 4) is 0 Å². The van der Waals surface area contributed by atoms with Crippen molar-refractivity contribution in [1.29, 1.82) is 0 Å². The lowest BCUT2D eigenvalue weighted by atomic mass is 10.2. The predicted octanol–water partition coefficient (Wildman–Crippen LogP) is 2.08. The Kier molecular flexibility index (Phi) is 4.31. The number of rotatable bonds is 2. The summed E-state index contributed by atoms with van der Waals surface area (Å²) in [6, 6.07) is 8.15. The highest BCUT2D eigenvalue weighted by molar-refractivity contribution is 8.03. The van der Waals surface area contributed by atoms with Crippen molar-refractivity contribution in [1.82, 2.24) is 10.6 Å². The first kappa shape index (κ1) is 15.5. The van der Waals surface area contributed by atoms with Crippen LogP contribution in [0.4, 0.5) is 5.69 Å². The third-order valence-electron chi connectivity index (χ3n) is 3.33. The highest BCUT2D eigenvalue weighted by Gasteiger charge is 2.24. The van der Waals surface area contributed by atoms with Crippen LogP contribution in [0.2, 0.25) is 0 Å². The van der Waals surface area contributed by atoms with Crippen molar-refractivity contribution >= 4 is 46.6 Å². The van der Waals surface area contributed by atoms with E-state index >= 15 is 0 Å². The molecule has 23 heavy (non-hydrogen) atoms. The van der Waals surface area contributed by atoms with Gasteiger partial charge in [0.15, 0.2) is 5.11 Å². The third kappa shape index (κ3) is 3.20. The maximum atomic E-state index is 11.7. The number of nitrogens with zero attached hydrogens (tertiary/aromatic N) is 1. The molecule has 116 valence electrons. The molecule has 0 saturated carbocycles. The summed E-state index contributed by atoms with van der Waals surface area (Å²) in [5.74, 6) is -0.980. The summed E-state index contributed by atoms with van der Waals surface area (Å²) in [6.45, 7) is 0. The van der Waals surface area contributed by atoms with Gasteiger partial charge in [-0.3, -0.25) is 20.2 Å². The number of hydrogen-bond acceptors (Lipinski definition) is 5. The summed E-state index contributed by atoms with van der Waals surface area (Å²) in [4.78, 5) is 26.6. The van der Waals surface area contributed by atoms with Gasteiger partial charge in [0.1, 0.15) is 5.57 Å². The Morgan fingerprint density at radius 2 is 1.74 bits per heavy atom. The molecule has 0 radical (unpaired) electrons. The van der Waals surface area contributed by atoms with Crippen LogP contribution in [0.15, 0.2) is 64.1 Å². The number of anilines is 1. The maximum absolute atomic E-state index is 11.7. The second-order valence-corrected chi connectivity index (χ2v) is 6.31. The molecule has 0 bridgehead atoms. The van der Waals surface area contributed by atoms with Gasteiger partial charge in [0, 0.05) is 11.9 Å². The van der Waals surface area contributed by atoms with Gasteiger partial charge in [-0.25, -0.2) is 0 Å². The molecule has 7 heteroatoms. The second-order valence-electron chi connectivity index (χ2n) is 4.84. The number of amides is 2. The van der Waals surface area contributed by atoms with Gasteiger partial charge in [-0.05, 0) is 36.5 Å². The normalized spacial score (nSPS) is 19.2. The molecule has 0 spiro atoms. The molecule has 5 nitrogen and oxygen atoms in total. The minimum Gasteiger partial charge on any atom is -0.338 e. The number of allylic oxidation sites excluding steroid dienone is 4. The Balaban J connectivity index is 1.73. The van der Waals surface area contributed by atoms with Crippen molar-refractivity contribution in [3.05, 3.63) is 59.2 Å². The zero-order valence-electron chi connectivity index (χ0n) is 12.2. The van der Waals surface area contributed by atoms with Crippen LogP contribution in [0.1, 0.15) is 0 Å². The Morgan fingerprint density at radius 3 is 2.43 bits per heavy atom. The Morgan fingerprint density at radius 1 is 1.09 bits per heavy atom. The molecule has 0 unspecified atom stereocenters. The average Bonchev–Trinajstić information content (AvgIpc) is 2.82. The Hall–Kier alpha value is -2.38. The minimum atomic E-state index is -0.490. The van der Waals surface area contributed by atoms with Crippen molar-refractivity contribution in [3.63, 3.8) is 0 Å². The summed E-state index contributed by atoms with van der Waals surface area (Å²) in [6.07, 6.45) is 6.86. The lowest BCUT2D eigenvalue weighted by molar-refractivity contribution is -0.123. The summed E-state index contributed by atoms with van der Waals surface area (Å²) >= 11 is 6.41. The van der Waals surface area contributed by atoms with Gasteiger partial charge in [0.25, 0.3) is 11.8 Å². The van der Waals surface area contributed by atoms with E-state index in [4.69, 9.17) is 12.2 Å². The Labute approximate surface area is 143 Å². The van der Waals surface area contributed by atoms with E-state index in [-0.39, 0.29) is 10.7 Å². The number of para-hydroxylation sites is 1. The molecule has 2 aliphatic heterocycles. The average molecular weight is 343 g/mol. The van der Waals surface area contributed by atoms with Crippen molar-refractivity contribution < 1.29 is 9.59 Å². The zero-order chi connectivity index (χ0) is 16.4. The largest absolute Gasteiger partial charge is 0.338 e. The maximum Gasteiger partial charge on any atom is 0.263 e. The summed E-state index contributed by atoms with van der Waals surface area (Å²) < 4.78 is 0. The second kappa shape index (κ2) is 6.39. The van der Waals surface area contributed by atoms with E-state index in [0.29, 0.717) is 0 Å². The number of nitrogens with one attached hydrogen (secondary N) is 2. The van der Waals surface area contributed by atoms with Gasteiger partial charge in [-0.2, -0.15) is 0 Å². The van der Waals surface area contributed by atoms with Gasteiger partial charge >= 0.3 is 0 Å². The molecule has 2 heterocycles. The van der Waals surface area contributed by atoms with Crippen LogP contribution in [0.3, 0.4) is 0 Å². The van der Waals surface area contributed by atoms with Crippen LogP contribution in [0.25, 0.3) is 0 Å². The van der Waals surface area contributed by atoms with Gasteiger partial charge in [-0.1, -0.05) is 36.0 Å². The summed E-state index contributed by atoms with van der Waals surface area (Å²) in [5, 5.41) is 5.88. The molecular formula is C16H13N3O2S2. The first-order chi connectivity index (χ1) is 11.1. The number of fused-ring (bicyclic) bond motifs is 1. The molecule has 2 N–H and O–H groups in total. The molecule has 0 atom stereocenters. The molecule has 2 amide bonds. The van der Waals surface area contributed by atoms with E-state index in [9.17, 15) is 9.59 Å². The number of thiocarbonyl (C=S) groups is 1. The zero-order valence-corrected chi connectivity index (χ0v) is 13.8. The number of carbonyl (C=O) groups excluding carboxylic acids is 2. The van der Waals surface area contributed by atoms with E-state index in [2.05, 4.69) is 27.7 Å². The van der Waals surface area contributed by atoms with Crippen LogP contribution >= 0.6 is 24.0 Å². The Bertz CT molecular complexity index is 774. The van der Waals surface area contributed by atoms with E-state index in [1.54, 1.807) is 23.9 Å². The predicted molar refractivity (Wildman–Crippen MR) is 94.9 cm³/mol. The standard InChI is InChI=1S/C16H13N3O2S2/c1-19-11-7-3-4-8-12(11)23-13(19)9-5-2-6-10-14(20)17-16(22)18-15(10)21/h2-9H,1H3,(H2,17,18,20,21,22)/b5-2+,13-9+. The lowest BCUT2D eigenvalue weighted by Crippen LogP contribution is -2.51. The van der Waals surface area contributed by atoms with Gasteiger partial charge in [0.05, 0.1) is 10.7 Å². The number of benzene rings is 1. The minimum absolute atomic E-state index is 0.0314. The first-order valence-electron chi connectivity index (χ1n) is 6.82. The van der Waals surface area contributed by atoms with Crippen LogP contribution in [0, 0.1) is 0 Å². The van der Waals surface area contributed by atoms with Crippen molar-refractivity contribution in [2.24, 2.45) is 0 Å². The SMILES string of the molecule is CN1/C(=C\C=C\C=C2C(=O)NC(=S)NC2=O)Sc2ccccc21. The van der Waals surface area contributed by atoms with Gasteiger partial charge in [-0.15, -0.1) is 0 Å². The molecule has 1 aromatic rings. The third-order valence-corrected chi connectivity index (χ3v) is 4.72. The van der Waals surface area contributed by atoms with E-state index in [0.717, 1.165) is 10.7 Å². The van der Waals surface area contributed by atoms with Gasteiger partial charge in [0.2, 0.25) is 0 Å².